The van der Waals surface area contributed by atoms with Gasteiger partial charge in [0.15, 0.2) is 0 Å². The zero-order valence-corrected chi connectivity index (χ0v) is 16.2. The second-order valence-electron chi connectivity index (χ2n) is 7.86. The summed E-state index contributed by atoms with van der Waals surface area (Å²) in [5, 5.41) is 0.629. The molecule has 2 aliphatic heterocycles. The average Bonchev–Trinajstić information content (AvgIpc) is 3.54. The summed E-state index contributed by atoms with van der Waals surface area (Å²) in [4.78, 5) is 33.3. The van der Waals surface area contributed by atoms with Crippen LogP contribution in [-0.4, -0.2) is 54.0 Å². The zero-order chi connectivity index (χ0) is 18.8. The third-order valence-electron chi connectivity index (χ3n) is 5.75. The van der Waals surface area contributed by atoms with E-state index in [-0.39, 0.29) is 29.8 Å². The Bertz CT molecular complexity index is 684. The first kappa shape index (κ1) is 18.5. The predicted octanol–water partition coefficient (Wildman–Crippen LogP) is 2.90. The van der Waals surface area contributed by atoms with Crippen LogP contribution in [0.1, 0.15) is 38.5 Å². The number of nitrogens with zero attached hydrogens (tertiary/aromatic N) is 3. The molecule has 1 atom stereocenters. The highest BCUT2D eigenvalue weighted by Crippen LogP contribution is 2.33. The molecule has 1 saturated carbocycles. The van der Waals surface area contributed by atoms with E-state index in [4.69, 9.17) is 16.3 Å². The number of piperidine rings is 2. The lowest BCUT2D eigenvalue weighted by atomic mass is 9.97. The topological polar surface area (TPSA) is 62.7 Å². The summed E-state index contributed by atoms with van der Waals surface area (Å²) >= 11 is 5.89. The molecule has 0 spiro atoms. The van der Waals surface area contributed by atoms with Gasteiger partial charge >= 0.3 is 5.97 Å². The minimum atomic E-state index is -0.169. The number of pyridine rings is 1. The number of esters is 1. The molecule has 0 radical (unpaired) electrons. The number of likely N-dealkylation sites (tertiary alicyclic amines) is 1. The lowest BCUT2D eigenvalue weighted by Gasteiger charge is -2.35. The van der Waals surface area contributed by atoms with Gasteiger partial charge in [-0.15, -0.1) is 0 Å². The molecule has 0 N–H and O–H groups in total. The molecule has 1 amide bonds. The molecule has 1 aliphatic carbocycles. The van der Waals surface area contributed by atoms with Crippen LogP contribution in [0.5, 0.6) is 0 Å². The molecule has 1 aromatic rings. The smallest absolute Gasteiger partial charge is 0.311 e. The van der Waals surface area contributed by atoms with Crippen molar-refractivity contribution < 1.29 is 14.3 Å². The van der Waals surface area contributed by atoms with Crippen LogP contribution in [0.25, 0.3) is 0 Å². The molecule has 1 unspecified atom stereocenters. The van der Waals surface area contributed by atoms with E-state index >= 15 is 0 Å². The number of hydrogen-bond donors (Lipinski definition) is 0. The van der Waals surface area contributed by atoms with Crippen LogP contribution in [0.4, 0.5) is 5.82 Å². The van der Waals surface area contributed by atoms with Crippen molar-refractivity contribution in [3.05, 3.63) is 23.4 Å². The monoisotopic (exact) mass is 391 g/mol. The summed E-state index contributed by atoms with van der Waals surface area (Å²) in [7, 11) is 0. The molecule has 7 heteroatoms. The maximum absolute atomic E-state index is 12.6. The number of aromatic nitrogens is 1. The maximum Gasteiger partial charge on any atom is 0.311 e. The van der Waals surface area contributed by atoms with Crippen LogP contribution in [-0.2, 0) is 14.3 Å². The number of halogens is 1. The molecule has 6 nitrogen and oxygen atoms in total. The number of carbonyl (C=O) groups is 2. The Balaban J connectivity index is 1.25. The van der Waals surface area contributed by atoms with Crippen molar-refractivity contribution in [1.29, 1.82) is 0 Å². The molecule has 0 bridgehead atoms. The van der Waals surface area contributed by atoms with E-state index in [9.17, 15) is 9.59 Å². The highest BCUT2D eigenvalue weighted by molar-refractivity contribution is 6.30. The molecule has 1 aromatic heterocycles. The first-order valence-electron chi connectivity index (χ1n) is 9.96. The van der Waals surface area contributed by atoms with Gasteiger partial charge in [-0.25, -0.2) is 4.98 Å². The Morgan fingerprint density at radius 2 is 1.81 bits per heavy atom. The molecule has 0 aromatic carbocycles. The van der Waals surface area contributed by atoms with Crippen molar-refractivity contribution in [3.63, 3.8) is 0 Å². The second kappa shape index (κ2) is 8.05. The Kier molecular flexibility index (Phi) is 5.53. The highest BCUT2D eigenvalue weighted by atomic mass is 35.5. The minimum Gasteiger partial charge on any atom is -0.462 e. The summed E-state index contributed by atoms with van der Waals surface area (Å²) in [6, 6.07) is 3.76. The molecular formula is C20H26ClN3O3. The van der Waals surface area contributed by atoms with Gasteiger partial charge in [0, 0.05) is 51.1 Å². The summed E-state index contributed by atoms with van der Waals surface area (Å²) < 4.78 is 5.79. The van der Waals surface area contributed by atoms with Crippen LogP contribution >= 0.6 is 11.6 Å². The van der Waals surface area contributed by atoms with Crippen LogP contribution in [0.2, 0.25) is 5.02 Å². The van der Waals surface area contributed by atoms with Gasteiger partial charge in [0.25, 0.3) is 0 Å². The maximum atomic E-state index is 12.6. The molecule has 4 rings (SSSR count). The summed E-state index contributed by atoms with van der Waals surface area (Å²) in [6.45, 7) is 2.93. The SMILES string of the molecule is O=C(OC1CCN(c2ccc(Cl)cn2)CC1)C1CCCN(C(=O)C2CC2)C1. The van der Waals surface area contributed by atoms with E-state index < -0.39 is 0 Å². The van der Waals surface area contributed by atoms with E-state index in [0.717, 1.165) is 64.0 Å². The van der Waals surface area contributed by atoms with Crippen LogP contribution in [0, 0.1) is 11.8 Å². The first-order chi connectivity index (χ1) is 13.1. The third-order valence-corrected chi connectivity index (χ3v) is 5.98. The zero-order valence-electron chi connectivity index (χ0n) is 15.5. The summed E-state index contributed by atoms with van der Waals surface area (Å²) in [6.07, 6.45) is 6.92. The number of rotatable bonds is 4. The third kappa shape index (κ3) is 4.54. The Hall–Kier alpha value is -1.82. The van der Waals surface area contributed by atoms with E-state index in [1.165, 1.54) is 0 Å². The number of ether oxygens (including phenoxy) is 1. The minimum absolute atomic E-state index is 0.0458. The molecule has 146 valence electrons. The fourth-order valence-electron chi connectivity index (χ4n) is 3.98. The fourth-order valence-corrected chi connectivity index (χ4v) is 4.09. The Morgan fingerprint density at radius 1 is 1.04 bits per heavy atom. The molecule has 3 aliphatic rings. The van der Waals surface area contributed by atoms with Gasteiger partial charge in [-0.3, -0.25) is 9.59 Å². The van der Waals surface area contributed by atoms with E-state index in [1.54, 1.807) is 6.20 Å². The van der Waals surface area contributed by atoms with Gasteiger partial charge < -0.3 is 14.5 Å². The van der Waals surface area contributed by atoms with Crippen molar-refractivity contribution in [3.8, 4) is 0 Å². The van der Waals surface area contributed by atoms with Crippen molar-refractivity contribution in [2.45, 2.75) is 44.6 Å². The Morgan fingerprint density at radius 3 is 2.48 bits per heavy atom. The number of carbonyl (C=O) groups excluding carboxylic acids is 2. The number of amides is 1. The molecular weight excluding hydrogens is 366 g/mol. The van der Waals surface area contributed by atoms with Crippen molar-refractivity contribution >= 4 is 29.3 Å². The van der Waals surface area contributed by atoms with Crippen molar-refractivity contribution in [2.75, 3.05) is 31.1 Å². The van der Waals surface area contributed by atoms with Gasteiger partial charge in [-0.2, -0.15) is 0 Å². The second-order valence-corrected chi connectivity index (χ2v) is 8.29. The van der Waals surface area contributed by atoms with Gasteiger partial charge in [0.1, 0.15) is 11.9 Å². The van der Waals surface area contributed by atoms with Crippen LogP contribution in [0.15, 0.2) is 18.3 Å². The van der Waals surface area contributed by atoms with Gasteiger partial charge in [-0.1, -0.05) is 11.6 Å². The van der Waals surface area contributed by atoms with Crippen LogP contribution < -0.4 is 4.90 Å². The van der Waals surface area contributed by atoms with Gasteiger partial charge in [-0.05, 0) is 37.8 Å². The Labute approximate surface area is 164 Å². The summed E-state index contributed by atoms with van der Waals surface area (Å²) in [5.41, 5.74) is 0. The van der Waals surface area contributed by atoms with Crippen molar-refractivity contribution in [2.24, 2.45) is 11.8 Å². The fraction of sp³-hybridized carbons (Fsp3) is 0.650. The normalized spacial score (nSPS) is 24.0. The van der Waals surface area contributed by atoms with E-state index in [0.29, 0.717) is 11.6 Å². The van der Waals surface area contributed by atoms with Gasteiger partial charge in [0.05, 0.1) is 10.9 Å². The van der Waals surface area contributed by atoms with Crippen molar-refractivity contribution in [1.82, 2.24) is 9.88 Å². The highest BCUT2D eigenvalue weighted by Gasteiger charge is 2.37. The standard InChI is InChI=1S/C20H26ClN3O3/c21-16-5-6-18(22-12-16)23-10-7-17(8-11-23)27-20(26)15-2-1-9-24(13-15)19(25)14-3-4-14/h5-6,12,14-15,17H,1-4,7-11,13H2. The quantitative estimate of drug-likeness (QED) is 0.738. The lowest BCUT2D eigenvalue weighted by Crippen LogP contribution is -2.45. The average molecular weight is 392 g/mol. The van der Waals surface area contributed by atoms with E-state index in [2.05, 4.69) is 9.88 Å². The van der Waals surface area contributed by atoms with Gasteiger partial charge in [0.2, 0.25) is 5.91 Å². The molecule has 27 heavy (non-hydrogen) atoms. The lowest BCUT2D eigenvalue weighted by molar-refractivity contribution is -0.158. The number of hydrogen-bond acceptors (Lipinski definition) is 5. The molecule has 2 saturated heterocycles. The molecule has 3 fully saturated rings. The molecule has 3 heterocycles. The summed E-state index contributed by atoms with van der Waals surface area (Å²) in [5.74, 6) is 1.05. The van der Waals surface area contributed by atoms with E-state index in [1.807, 2.05) is 17.0 Å². The largest absolute Gasteiger partial charge is 0.462 e. The van der Waals surface area contributed by atoms with Crippen LogP contribution in [0.3, 0.4) is 0 Å². The first-order valence-corrected chi connectivity index (χ1v) is 10.3. The number of anilines is 1. The predicted molar refractivity (Wildman–Crippen MR) is 103 cm³/mol.